The maximum absolute atomic E-state index is 13.1. The fourth-order valence-electron chi connectivity index (χ4n) is 4.09. The van der Waals surface area contributed by atoms with E-state index in [2.05, 4.69) is 35.1 Å². The first-order valence-corrected chi connectivity index (χ1v) is 13.9. The molecule has 0 aromatic heterocycles. The molecule has 2 aromatic carbocycles. The molecular weight excluding hydrogens is 528 g/mol. The van der Waals surface area contributed by atoms with Gasteiger partial charge in [0, 0.05) is 29.2 Å². The second kappa shape index (κ2) is 11.2. The second-order valence-electron chi connectivity index (χ2n) is 8.00. The lowest BCUT2D eigenvalue weighted by Crippen LogP contribution is -2.41. The number of carbonyl (C=O) groups is 1. The average molecular weight is 558 g/mol. The van der Waals surface area contributed by atoms with Crippen molar-refractivity contribution < 1.29 is 17.9 Å². The highest BCUT2D eigenvalue weighted by molar-refractivity contribution is 9.10. The standard InChI is InChI=1S/C24H30BrClN2O4S/c1-4-16-13-19(25)14-17(5-2)23(16)27-24(29)18-9-11-28(12-10-18)33(30,31)20-7-8-22(32-6-3)21(26)15-20/h7-8,13-15,18H,4-6,9-12H2,1-3H3,(H,27,29). The van der Waals surface area contributed by atoms with Crippen LogP contribution in [0.4, 0.5) is 5.69 Å². The van der Waals surface area contributed by atoms with E-state index in [1.807, 2.05) is 19.1 Å². The van der Waals surface area contributed by atoms with Gasteiger partial charge in [0.2, 0.25) is 15.9 Å². The number of sulfonamides is 1. The van der Waals surface area contributed by atoms with Crippen LogP contribution >= 0.6 is 27.5 Å². The van der Waals surface area contributed by atoms with Crippen LogP contribution in [-0.2, 0) is 27.7 Å². The summed E-state index contributed by atoms with van der Waals surface area (Å²) in [6.07, 6.45) is 2.55. The Bertz CT molecular complexity index is 1090. The SMILES string of the molecule is CCOc1ccc(S(=O)(=O)N2CCC(C(=O)Nc3c(CC)cc(Br)cc3CC)CC2)cc1Cl. The molecule has 1 N–H and O–H groups in total. The summed E-state index contributed by atoms with van der Waals surface area (Å²) in [5.41, 5.74) is 3.05. The molecule has 1 fully saturated rings. The van der Waals surface area contributed by atoms with Gasteiger partial charge < -0.3 is 10.1 Å². The molecule has 0 bridgehead atoms. The Morgan fingerprint density at radius 3 is 2.24 bits per heavy atom. The largest absolute Gasteiger partial charge is 0.492 e. The lowest BCUT2D eigenvalue weighted by atomic mass is 9.96. The van der Waals surface area contributed by atoms with E-state index in [0.29, 0.717) is 25.2 Å². The lowest BCUT2D eigenvalue weighted by molar-refractivity contribution is -0.120. The van der Waals surface area contributed by atoms with Crippen molar-refractivity contribution in [3.63, 3.8) is 0 Å². The van der Waals surface area contributed by atoms with Crippen LogP contribution in [0.1, 0.15) is 44.7 Å². The zero-order valence-corrected chi connectivity index (χ0v) is 22.3. The number of anilines is 1. The van der Waals surface area contributed by atoms with E-state index in [4.69, 9.17) is 16.3 Å². The van der Waals surface area contributed by atoms with Crippen LogP contribution < -0.4 is 10.1 Å². The normalized spacial score (nSPS) is 15.4. The van der Waals surface area contributed by atoms with Crippen LogP contribution in [0.2, 0.25) is 5.02 Å². The van der Waals surface area contributed by atoms with Gasteiger partial charge in [0.25, 0.3) is 0 Å². The minimum atomic E-state index is -3.69. The van der Waals surface area contributed by atoms with E-state index in [-0.39, 0.29) is 34.8 Å². The number of ether oxygens (including phenoxy) is 1. The topological polar surface area (TPSA) is 75.7 Å². The summed E-state index contributed by atoms with van der Waals surface area (Å²) in [5, 5.41) is 3.39. The highest BCUT2D eigenvalue weighted by atomic mass is 79.9. The first-order valence-electron chi connectivity index (χ1n) is 11.3. The molecule has 0 atom stereocenters. The molecule has 1 aliphatic rings. The number of nitrogens with one attached hydrogen (secondary N) is 1. The Morgan fingerprint density at radius 1 is 1.12 bits per heavy atom. The summed E-state index contributed by atoms with van der Waals surface area (Å²) in [6.45, 7) is 6.98. The molecule has 0 aliphatic carbocycles. The van der Waals surface area contributed by atoms with Crippen molar-refractivity contribution in [3.05, 3.63) is 51.0 Å². The molecule has 1 heterocycles. The van der Waals surface area contributed by atoms with Gasteiger partial charge in [0.05, 0.1) is 16.5 Å². The number of hydrogen-bond donors (Lipinski definition) is 1. The van der Waals surface area contributed by atoms with Crippen molar-refractivity contribution >= 4 is 49.1 Å². The zero-order chi connectivity index (χ0) is 24.2. The zero-order valence-electron chi connectivity index (χ0n) is 19.2. The highest BCUT2D eigenvalue weighted by Crippen LogP contribution is 2.32. The van der Waals surface area contributed by atoms with Crippen LogP contribution in [0, 0.1) is 5.92 Å². The number of nitrogens with zero attached hydrogens (tertiary/aromatic N) is 1. The molecule has 1 saturated heterocycles. The third-order valence-electron chi connectivity index (χ3n) is 5.94. The van der Waals surface area contributed by atoms with E-state index in [9.17, 15) is 13.2 Å². The van der Waals surface area contributed by atoms with Gasteiger partial charge in [-0.3, -0.25) is 4.79 Å². The van der Waals surface area contributed by atoms with Crippen LogP contribution in [0.25, 0.3) is 0 Å². The van der Waals surface area contributed by atoms with E-state index in [1.54, 1.807) is 6.07 Å². The van der Waals surface area contributed by atoms with Crippen LogP contribution in [0.5, 0.6) is 5.75 Å². The molecule has 0 unspecified atom stereocenters. The average Bonchev–Trinajstić information content (AvgIpc) is 2.81. The number of hydrogen-bond acceptors (Lipinski definition) is 4. The molecule has 1 aliphatic heterocycles. The smallest absolute Gasteiger partial charge is 0.243 e. The molecule has 180 valence electrons. The molecule has 3 rings (SSSR count). The number of piperidine rings is 1. The Kier molecular flexibility index (Phi) is 8.83. The quantitative estimate of drug-likeness (QED) is 0.454. The minimum absolute atomic E-state index is 0.0529. The molecule has 0 radical (unpaired) electrons. The lowest BCUT2D eigenvalue weighted by Gasteiger charge is -2.31. The van der Waals surface area contributed by atoms with Crippen LogP contribution in [-0.4, -0.2) is 38.3 Å². The molecule has 33 heavy (non-hydrogen) atoms. The van der Waals surface area contributed by atoms with Gasteiger partial charge >= 0.3 is 0 Å². The second-order valence-corrected chi connectivity index (χ2v) is 11.3. The summed E-state index contributed by atoms with van der Waals surface area (Å²) < 4.78 is 34.0. The van der Waals surface area contributed by atoms with Gasteiger partial charge in [0.1, 0.15) is 5.75 Å². The van der Waals surface area contributed by atoms with E-state index in [1.165, 1.54) is 16.4 Å². The van der Waals surface area contributed by atoms with Gasteiger partial charge in [-0.1, -0.05) is 41.4 Å². The molecule has 6 nitrogen and oxygen atoms in total. The summed E-state index contributed by atoms with van der Waals surface area (Å²) in [7, 11) is -3.69. The molecule has 9 heteroatoms. The van der Waals surface area contributed by atoms with E-state index >= 15 is 0 Å². The van der Waals surface area contributed by atoms with Crippen molar-refractivity contribution in [2.45, 2.75) is 51.3 Å². The van der Waals surface area contributed by atoms with Crippen molar-refractivity contribution in [2.75, 3.05) is 25.0 Å². The van der Waals surface area contributed by atoms with Crippen molar-refractivity contribution in [1.82, 2.24) is 4.31 Å². The summed E-state index contributed by atoms with van der Waals surface area (Å²) in [6, 6.07) is 8.58. The van der Waals surface area contributed by atoms with Gasteiger partial charge in [-0.15, -0.1) is 0 Å². The van der Waals surface area contributed by atoms with Crippen molar-refractivity contribution in [2.24, 2.45) is 5.92 Å². The molecule has 1 amide bonds. The summed E-state index contributed by atoms with van der Waals surface area (Å²) in [4.78, 5) is 13.2. The predicted octanol–water partition coefficient (Wildman–Crippen LogP) is 5.67. The molecule has 0 spiro atoms. The van der Waals surface area contributed by atoms with Gasteiger partial charge in [-0.25, -0.2) is 8.42 Å². The van der Waals surface area contributed by atoms with Gasteiger partial charge in [0.15, 0.2) is 0 Å². The van der Waals surface area contributed by atoms with Gasteiger partial charge in [-0.05, 0) is 74.1 Å². The third kappa shape index (κ3) is 5.91. The number of carbonyl (C=O) groups excluding carboxylic acids is 1. The maximum atomic E-state index is 13.1. The van der Waals surface area contributed by atoms with E-state index in [0.717, 1.165) is 34.1 Å². The first kappa shape index (κ1) is 26.0. The minimum Gasteiger partial charge on any atom is -0.492 e. The van der Waals surface area contributed by atoms with Gasteiger partial charge in [-0.2, -0.15) is 4.31 Å². The maximum Gasteiger partial charge on any atom is 0.243 e. The van der Waals surface area contributed by atoms with Crippen molar-refractivity contribution in [3.8, 4) is 5.75 Å². The summed E-state index contributed by atoms with van der Waals surface area (Å²) in [5.74, 6) is 0.167. The molecular formula is C24H30BrClN2O4S. The number of rotatable bonds is 8. The predicted molar refractivity (Wildman–Crippen MR) is 136 cm³/mol. The molecule has 2 aromatic rings. The van der Waals surface area contributed by atoms with Crippen molar-refractivity contribution in [1.29, 1.82) is 0 Å². The van der Waals surface area contributed by atoms with Crippen LogP contribution in [0.3, 0.4) is 0 Å². The van der Waals surface area contributed by atoms with E-state index < -0.39 is 10.0 Å². The Labute approximate surface area is 209 Å². The molecule has 0 saturated carbocycles. The number of benzene rings is 2. The highest BCUT2D eigenvalue weighted by Gasteiger charge is 2.33. The summed E-state index contributed by atoms with van der Waals surface area (Å²) >= 11 is 9.73. The Balaban J connectivity index is 1.69. The fraction of sp³-hybridized carbons (Fsp3) is 0.458. The number of amides is 1. The third-order valence-corrected chi connectivity index (χ3v) is 8.59. The first-order chi connectivity index (χ1) is 15.7. The Morgan fingerprint density at radius 2 is 1.73 bits per heavy atom. The Hall–Kier alpha value is -1.61. The number of aryl methyl sites for hydroxylation is 2. The monoisotopic (exact) mass is 556 g/mol. The number of halogens is 2. The fourth-order valence-corrected chi connectivity index (χ4v) is 6.44. The van der Waals surface area contributed by atoms with Crippen LogP contribution in [0.15, 0.2) is 39.7 Å².